The van der Waals surface area contributed by atoms with Crippen LogP contribution in [0.15, 0.2) is 53.4 Å². The summed E-state index contributed by atoms with van der Waals surface area (Å²) < 4.78 is 23.4. The van der Waals surface area contributed by atoms with Gasteiger partial charge in [0.15, 0.2) is 9.84 Å². The molecule has 0 saturated carbocycles. The van der Waals surface area contributed by atoms with Crippen LogP contribution < -0.4 is 11.1 Å². The lowest BCUT2D eigenvalue weighted by molar-refractivity contribution is 0.602. The molecule has 3 N–H and O–H groups in total. The van der Waals surface area contributed by atoms with Crippen LogP contribution in [0.4, 0.5) is 5.69 Å². The first kappa shape index (κ1) is 14.6. The number of hydrogen-bond acceptors (Lipinski definition) is 4. The Bertz CT molecular complexity index is 679. The van der Waals surface area contributed by atoms with Gasteiger partial charge < -0.3 is 11.1 Å². The van der Waals surface area contributed by atoms with Crippen LogP contribution in [-0.2, 0) is 22.9 Å². The van der Waals surface area contributed by atoms with Gasteiger partial charge in [-0.2, -0.15) is 0 Å². The summed E-state index contributed by atoms with van der Waals surface area (Å²) in [7, 11) is -3.23. The quantitative estimate of drug-likeness (QED) is 0.885. The Morgan fingerprint density at radius 3 is 2.20 bits per heavy atom. The van der Waals surface area contributed by atoms with E-state index in [4.69, 9.17) is 5.73 Å². The minimum atomic E-state index is -3.23. The summed E-state index contributed by atoms with van der Waals surface area (Å²) in [6.07, 6.45) is 1.21. The van der Waals surface area contributed by atoms with Crippen molar-refractivity contribution in [2.45, 2.75) is 18.0 Å². The Labute approximate surface area is 119 Å². The highest BCUT2D eigenvalue weighted by Gasteiger charge is 2.11. The molecule has 2 rings (SSSR count). The average molecular weight is 290 g/mol. The third kappa shape index (κ3) is 3.59. The Morgan fingerprint density at radius 1 is 1.00 bits per heavy atom. The van der Waals surface area contributed by atoms with Crippen LogP contribution >= 0.6 is 0 Å². The van der Waals surface area contributed by atoms with Gasteiger partial charge in [-0.25, -0.2) is 8.42 Å². The number of sulfone groups is 1. The van der Waals surface area contributed by atoms with Crippen molar-refractivity contribution in [1.29, 1.82) is 0 Å². The van der Waals surface area contributed by atoms with Gasteiger partial charge in [0.25, 0.3) is 0 Å². The largest absolute Gasteiger partial charge is 0.380 e. The smallest absolute Gasteiger partial charge is 0.177 e. The molecule has 0 bridgehead atoms. The van der Waals surface area contributed by atoms with E-state index in [-0.39, 0.29) is 0 Å². The Hall–Kier alpha value is -1.85. The molecule has 2 aromatic carbocycles. The molecule has 0 aromatic heterocycles. The van der Waals surface area contributed by atoms with Crippen LogP contribution in [0.25, 0.3) is 0 Å². The second-order valence-electron chi connectivity index (χ2n) is 4.64. The predicted octanol–water partition coefficient (Wildman–Crippen LogP) is 2.16. The highest BCUT2D eigenvalue weighted by Crippen LogP contribution is 2.21. The fourth-order valence-electron chi connectivity index (χ4n) is 1.93. The SMILES string of the molecule is CS(=O)(=O)c1ccccc1NCc1ccc(CN)cc1. The Balaban J connectivity index is 2.15. The van der Waals surface area contributed by atoms with Crippen molar-refractivity contribution < 1.29 is 8.42 Å². The van der Waals surface area contributed by atoms with Gasteiger partial charge in [-0.1, -0.05) is 36.4 Å². The molecule has 0 unspecified atom stereocenters. The molecule has 0 aliphatic rings. The van der Waals surface area contributed by atoms with Crippen LogP contribution in [0.3, 0.4) is 0 Å². The molecule has 0 heterocycles. The summed E-state index contributed by atoms with van der Waals surface area (Å²) in [5.74, 6) is 0. The van der Waals surface area contributed by atoms with Crippen molar-refractivity contribution in [1.82, 2.24) is 0 Å². The standard InChI is InChI=1S/C15H18N2O2S/c1-20(18,19)15-5-3-2-4-14(15)17-11-13-8-6-12(10-16)7-9-13/h2-9,17H,10-11,16H2,1H3. The van der Waals surface area contributed by atoms with E-state index in [0.717, 1.165) is 11.1 Å². The normalized spacial score (nSPS) is 11.3. The minimum absolute atomic E-state index is 0.318. The van der Waals surface area contributed by atoms with Crippen molar-refractivity contribution in [3.8, 4) is 0 Å². The lowest BCUT2D eigenvalue weighted by atomic mass is 10.1. The zero-order valence-electron chi connectivity index (χ0n) is 11.3. The van der Waals surface area contributed by atoms with Gasteiger partial charge in [0.1, 0.15) is 0 Å². The van der Waals surface area contributed by atoms with Gasteiger partial charge in [0.2, 0.25) is 0 Å². The molecular weight excluding hydrogens is 272 g/mol. The minimum Gasteiger partial charge on any atom is -0.380 e. The number of nitrogens with one attached hydrogen (secondary N) is 1. The number of benzene rings is 2. The van der Waals surface area contributed by atoms with Crippen molar-refractivity contribution in [3.05, 3.63) is 59.7 Å². The maximum absolute atomic E-state index is 11.7. The van der Waals surface area contributed by atoms with E-state index in [0.29, 0.717) is 23.7 Å². The fourth-order valence-corrected chi connectivity index (χ4v) is 2.79. The summed E-state index contributed by atoms with van der Waals surface area (Å²) in [4.78, 5) is 0.318. The molecule has 0 amide bonds. The second kappa shape index (κ2) is 6.07. The van der Waals surface area contributed by atoms with E-state index >= 15 is 0 Å². The summed E-state index contributed by atoms with van der Waals surface area (Å²) in [6.45, 7) is 1.09. The molecule has 5 heteroatoms. The topological polar surface area (TPSA) is 72.2 Å². The number of nitrogens with two attached hydrogens (primary N) is 1. The van der Waals surface area contributed by atoms with Gasteiger partial charge >= 0.3 is 0 Å². The monoisotopic (exact) mass is 290 g/mol. The lowest BCUT2D eigenvalue weighted by Crippen LogP contribution is -2.06. The van der Waals surface area contributed by atoms with E-state index in [1.165, 1.54) is 6.26 Å². The van der Waals surface area contributed by atoms with Crippen LogP contribution in [0.1, 0.15) is 11.1 Å². The first-order valence-electron chi connectivity index (χ1n) is 6.31. The van der Waals surface area contributed by atoms with E-state index in [1.807, 2.05) is 30.3 Å². The molecule has 106 valence electrons. The number of para-hydroxylation sites is 1. The summed E-state index contributed by atoms with van der Waals surface area (Å²) in [5.41, 5.74) is 8.32. The number of anilines is 1. The molecule has 0 atom stereocenters. The van der Waals surface area contributed by atoms with Crippen molar-refractivity contribution in [2.75, 3.05) is 11.6 Å². The Kier molecular flexibility index (Phi) is 4.42. The maximum Gasteiger partial charge on any atom is 0.177 e. The lowest BCUT2D eigenvalue weighted by Gasteiger charge is -2.11. The average Bonchev–Trinajstić information content (AvgIpc) is 2.45. The zero-order chi connectivity index (χ0) is 14.6. The molecule has 0 radical (unpaired) electrons. The zero-order valence-corrected chi connectivity index (χ0v) is 12.2. The second-order valence-corrected chi connectivity index (χ2v) is 6.63. The highest BCUT2D eigenvalue weighted by atomic mass is 32.2. The summed E-state index contributed by atoms with van der Waals surface area (Å²) in [5, 5.41) is 3.16. The molecule has 2 aromatic rings. The van der Waals surface area contributed by atoms with Gasteiger partial charge in [0, 0.05) is 19.3 Å². The molecule has 0 aliphatic carbocycles. The van der Waals surface area contributed by atoms with Crippen LogP contribution in [0.5, 0.6) is 0 Å². The van der Waals surface area contributed by atoms with Crippen molar-refractivity contribution in [2.24, 2.45) is 5.73 Å². The predicted molar refractivity (Wildman–Crippen MR) is 81.2 cm³/mol. The van der Waals surface area contributed by atoms with Crippen LogP contribution in [0.2, 0.25) is 0 Å². The third-order valence-electron chi connectivity index (χ3n) is 3.03. The van der Waals surface area contributed by atoms with Crippen LogP contribution in [-0.4, -0.2) is 14.7 Å². The van der Waals surface area contributed by atoms with E-state index in [2.05, 4.69) is 5.32 Å². The molecule has 0 spiro atoms. The maximum atomic E-state index is 11.7. The van der Waals surface area contributed by atoms with Gasteiger partial charge in [-0.15, -0.1) is 0 Å². The number of hydrogen-bond donors (Lipinski definition) is 2. The van der Waals surface area contributed by atoms with Gasteiger partial charge in [-0.3, -0.25) is 0 Å². The van der Waals surface area contributed by atoms with E-state index < -0.39 is 9.84 Å². The highest BCUT2D eigenvalue weighted by molar-refractivity contribution is 7.90. The Morgan fingerprint density at radius 2 is 1.60 bits per heavy atom. The molecule has 0 saturated heterocycles. The summed E-state index contributed by atoms with van der Waals surface area (Å²) >= 11 is 0. The van der Waals surface area contributed by atoms with E-state index in [9.17, 15) is 8.42 Å². The molecular formula is C15H18N2O2S. The third-order valence-corrected chi connectivity index (χ3v) is 4.18. The first-order valence-corrected chi connectivity index (χ1v) is 8.20. The summed E-state index contributed by atoms with van der Waals surface area (Å²) in [6, 6.07) is 14.8. The van der Waals surface area contributed by atoms with Crippen LogP contribution in [0, 0.1) is 0 Å². The van der Waals surface area contributed by atoms with Crippen molar-refractivity contribution >= 4 is 15.5 Å². The van der Waals surface area contributed by atoms with Crippen molar-refractivity contribution in [3.63, 3.8) is 0 Å². The molecule has 20 heavy (non-hydrogen) atoms. The van der Waals surface area contributed by atoms with E-state index in [1.54, 1.807) is 18.2 Å². The fraction of sp³-hybridized carbons (Fsp3) is 0.200. The van der Waals surface area contributed by atoms with Gasteiger partial charge in [-0.05, 0) is 23.3 Å². The molecule has 0 aliphatic heterocycles. The number of rotatable bonds is 5. The molecule has 4 nitrogen and oxygen atoms in total. The first-order chi connectivity index (χ1) is 9.50. The van der Waals surface area contributed by atoms with Gasteiger partial charge in [0.05, 0.1) is 10.6 Å². The molecule has 0 fully saturated rings.